The minimum Gasteiger partial charge on any atom is -0.310 e. The Hall–Kier alpha value is -9.50. The lowest BCUT2D eigenvalue weighted by Gasteiger charge is -2.27. The predicted octanol–water partition coefficient (Wildman–Crippen LogP) is 20.8. The summed E-state index contributed by atoms with van der Waals surface area (Å²) in [4.78, 5) is 4.70. The second-order valence-corrected chi connectivity index (χ2v) is 19.3. The van der Waals surface area contributed by atoms with Crippen LogP contribution in [0.25, 0.3) is 77.3 Å². The standard InChI is InChI=1S/C73H56N2/c1-4-23-55(68-38-21-26-53-24-17-19-36-66(53)68)48-57-50-71(64-44-41-62(46-51(64)2)74(58-28-9-5-10-29-58)59-30-11-6-12-31-59)72-49-56(69-39-22-27-54-25-18-20-37-67(54)69)40-43-70(72)73(57)65-45-42-63(47-52(65)3)75(60-32-13-7-14-33-60)61-34-15-8-16-35-61/h4-50H,1-3H3/b23-4-,55-48+. The maximum absolute atomic E-state index is 2.47. The Morgan fingerprint density at radius 2 is 0.813 bits per heavy atom. The van der Waals surface area contributed by atoms with Crippen LogP contribution in [-0.4, -0.2) is 0 Å². The van der Waals surface area contributed by atoms with Gasteiger partial charge in [0.2, 0.25) is 0 Å². The van der Waals surface area contributed by atoms with Crippen LogP contribution in [0.3, 0.4) is 0 Å². The summed E-state index contributed by atoms with van der Waals surface area (Å²) in [6.07, 6.45) is 6.87. The average Bonchev–Trinajstić information content (AvgIpc) is 3.47. The molecule has 0 unspecified atom stereocenters. The van der Waals surface area contributed by atoms with Crippen LogP contribution in [0.4, 0.5) is 34.1 Å². The Labute approximate surface area is 441 Å². The minimum atomic E-state index is 1.10. The fourth-order valence-electron chi connectivity index (χ4n) is 11.1. The zero-order valence-electron chi connectivity index (χ0n) is 42.5. The molecule has 0 radical (unpaired) electrons. The van der Waals surface area contributed by atoms with Crippen LogP contribution >= 0.6 is 0 Å². The second-order valence-electron chi connectivity index (χ2n) is 19.3. The first kappa shape index (κ1) is 46.6. The molecule has 0 aliphatic carbocycles. The van der Waals surface area contributed by atoms with E-state index in [-0.39, 0.29) is 0 Å². The molecule has 12 aromatic carbocycles. The van der Waals surface area contributed by atoms with Gasteiger partial charge in [0.15, 0.2) is 0 Å². The molecule has 0 heterocycles. The van der Waals surface area contributed by atoms with Crippen LogP contribution in [0, 0.1) is 13.8 Å². The lowest BCUT2D eigenvalue weighted by atomic mass is 9.83. The van der Waals surface area contributed by atoms with Crippen molar-refractivity contribution in [2.75, 3.05) is 9.80 Å². The molecule has 0 aromatic heterocycles. The van der Waals surface area contributed by atoms with Crippen LogP contribution in [0.1, 0.15) is 29.2 Å². The largest absolute Gasteiger partial charge is 0.310 e. The third-order valence-electron chi connectivity index (χ3n) is 14.6. The van der Waals surface area contributed by atoms with Gasteiger partial charge in [0.25, 0.3) is 0 Å². The number of benzene rings is 12. The van der Waals surface area contributed by atoms with E-state index in [2.05, 4.69) is 316 Å². The highest BCUT2D eigenvalue weighted by Crippen LogP contribution is 2.47. The molecule has 0 aliphatic heterocycles. The van der Waals surface area contributed by atoms with Gasteiger partial charge in [0, 0.05) is 34.1 Å². The summed E-state index contributed by atoms with van der Waals surface area (Å²) in [5.41, 5.74) is 19.7. The number of anilines is 6. The molecule has 0 spiro atoms. The van der Waals surface area contributed by atoms with Gasteiger partial charge in [-0.2, -0.15) is 0 Å². The molecule has 0 amide bonds. The third-order valence-corrected chi connectivity index (χ3v) is 14.6. The van der Waals surface area contributed by atoms with Gasteiger partial charge in [0.05, 0.1) is 0 Å². The topological polar surface area (TPSA) is 6.48 Å². The van der Waals surface area contributed by atoms with E-state index in [9.17, 15) is 0 Å². The summed E-state index contributed by atoms with van der Waals surface area (Å²) in [6.45, 7) is 6.66. The molecule has 12 rings (SSSR count). The molecule has 2 nitrogen and oxygen atoms in total. The lowest BCUT2D eigenvalue weighted by Crippen LogP contribution is -2.10. The van der Waals surface area contributed by atoms with Crippen LogP contribution in [0.15, 0.2) is 279 Å². The number of aryl methyl sites for hydroxylation is 2. The SMILES string of the molecule is C/C=C\C(=C/c1cc(-c2ccc(N(c3ccccc3)c3ccccc3)cc2C)c2cc(-c3cccc4ccccc34)ccc2c1-c1ccc(N(c2ccccc2)c2ccccc2)cc1C)c1cccc2ccccc12. The molecule has 0 aliphatic rings. The van der Waals surface area contributed by atoms with Gasteiger partial charge in [-0.15, -0.1) is 0 Å². The number of para-hydroxylation sites is 4. The number of hydrogen-bond acceptors (Lipinski definition) is 2. The summed E-state index contributed by atoms with van der Waals surface area (Å²) in [6, 6.07) is 97.1. The van der Waals surface area contributed by atoms with Gasteiger partial charge < -0.3 is 9.80 Å². The number of allylic oxidation sites excluding steroid dienone is 3. The summed E-state index contributed by atoms with van der Waals surface area (Å²) >= 11 is 0. The first-order valence-corrected chi connectivity index (χ1v) is 25.9. The van der Waals surface area contributed by atoms with Gasteiger partial charge in [0.1, 0.15) is 0 Å². The van der Waals surface area contributed by atoms with Crippen LogP contribution in [0.2, 0.25) is 0 Å². The monoisotopic (exact) mass is 960 g/mol. The van der Waals surface area contributed by atoms with Gasteiger partial charge in [-0.1, -0.05) is 194 Å². The first-order valence-electron chi connectivity index (χ1n) is 25.9. The molecule has 0 N–H and O–H groups in total. The first-order chi connectivity index (χ1) is 37.0. The maximum atomic E-state index is 2.47. The van der Waals surface area contributed by atoms with E-state index >= 15 is 0 Å². The molecule has 75 heavy (non-hydrogen) atoms. The predicted molar refractivity (Wildman–Crippen MR) is 323 cm³/mol. The van der Waals surface area contributed by atoms with Crippen molar-refractivity contribution >= 4 is 78.1 Å². The fourth-order valence-corrected chi connectivity index (χ4v) is 11.1. The van der Waals surface area contributed by atoms with Crippen molar-refractivity contribution in [2.45, 2.75) is 20.8 Å². The molecule has 358 valence electrons. The van der Waals surface area contributed by atoms with Gasteiger partial charge >= 0.3 is 0 Å². The molecule has 0 bridgehead atoms. The van der Waals surface area contributed by atoms with Gasteiger partial charge in [-0.05, 0) is 205 Å². The Morgan fingerprint density at radius 1 is 0.333 bits per heavy atom. The molecule has 12 aromatic rings. The van der Waals surface area contributed by atoms with E-state index in [0.717, 1.165) is 45.3 Å². The third kappa shape index (κ3) is 9.09. The van der Waals surface area contributed by atoms with E-state index in [1.165, 1.54) is 82.4 Å². The van der Waals surface area contributed by atoms with Crippen molar-refractivity contribution in [1.29, 1.82) is 0 Å². The van der Waals surface area contributed by atoms with Crippen molar-refractivity contribution in [1.82, 2.24) is 0 Å². The van der Waals surface area contributed by atoms with Gasteiger partial charge in [-0.3, -0.25) is 0 Å². The zero-order chi connectivity index (χ0) is 50.7. The van der Waals surface area contributed by atoms with Crippen molar-refractivity contribution < 1.29 is 0 Å². The van der Waals surface area contributed by atoms with Crippen LogP contribution < -0.4 is 9.80 Å². The molecule has 0 fully saturated rings. The lowest BCUT2D eigenvalue weighted by molar-refractivity contribution is 1.27. The Kier molecular flexibility index (Phi) is 12.8. The Bertz CT molecular complexity index is 3990. The minimum absolute atomic E-state index is 1.10. The number of hydrogen-bond donors (Lipinski definition) is 0. The van der Waals surface area contributed by atoms with E-state index in [1.54, 1.807) is 0 Å². The number of rotatable bonds is 12. The summed E-state index contributed by atoms with van der Waals surface area (Å²) in [7, 11) is 0. The highest BCUT2D eigenvalue weighted by atomic mass is 15.1. The normalized spacial score (nSPS) is 11.7. The van der Waals surface area contributed by atoms with Crippen molar-refractivity contribution in [3.63, 3.8) is 0 Å². The molecule has 2 heteroatoms. The summed E-state index contributed by atoms with van der Waals surface area (Å²) < 4.78 is 0. The van der Waals surface area contributed by atoms with Crippen molar-refractivity contribution in [3.8, 4) is 33.4 Å². The summed E-state index contributed by atoms with van der Waals surface area (Å²) in [5, 5.41) is 7.30. The zero-order valence-corrected chi connectivity index (χ0v) is 42.5. The van der Waals surface area contributed by atoms with Gasteiger partial charge in [-0.25, -0.2) is 0 Å². The highest BCUT2D eigenvalue weighted by Gasteiger charge is 2.22. The molecular weight excluding hydrogens is 905 g/mol. The second kappa shape index (κ2) is 20.5. The number of nitrogens with zero attached hydrogens (tertiary/aromatic N) is 2. The molecule has 0 atom stereocenters. The quantitative estimate of drug-likeness (QED) is 0.0889. The maximum Gasteiger partial charge on any atom is 0.0464 e. The van der Waals surface area contributed by atoms with E-state index in [4.69, 9.17) is 0 Å². The highest BCUT2D eigenvalue weighted by molar-refractivity contribution is 6.13. The van der Waals surface area contributed by atoms with Crippen molar-refractivity contribution in [3.05, 3.63) is 301 Å². The molecule has 0 saturated carbocycles. The molecule has 0 saturated heterocycles. The average molecular weight is 961 g/mol. The Balaban J connectivity index is 1.14. The Morgan fingerprint density at radius 3 is 1.36 bits per heavy atom. The van der Waals surface area contributed by atoms with Crippen LogP contribution in [0.5, 0.6) is 0 Å². The molecular formula is C73H56N2. The van der Waals surface area contributed by atoms with Crippen molar-refractivity contribution in [2.24, 2.45) is 0 Å². The fraction of sp³-hybridized carbons (Fsp3) is 0.0411. The van der Waals surface area contributed by atoms with Crippen LogP contribution in [-0.2, 0) is 0 Å². The van der Waals surface area contributed by atoms with E-state index in [0.29, 0.717) is 0 Å². The van der Waals surface area contributed by atoms with E-state index in [1.807, 2.05) is 0 Å². The van der Waals surface area contributed by atoms with E-state index < -0.39 is 0 Å². The smallest absolute Gasteiger partial charge is 0.0464 e. The summed E-state index contributed by atoms with van der Waals surface area (Å²) in [5.74, 6) is 0. The number of fused-ring (bicyclic) bond motifs is 3.